The van der Waals surface area contributed by atoms with Crippen LogP contribution in [-0.2, 0) is 0 Å². The Labute approximate surface area is 76.6 Å². The van der Waals surface area contributed by atoms with Crippen molar-refractivity contribution in [2.24, 2.45) is 0 Å². The Hall–Kier alpha value is -1.22. The second-order valence-electron chi connectivity index (χ2n) is 1.74. The highest BCUT2D eigenvalue weighted by molar-refractivity contribution is 5.32. The first-order chi connectivity index (χ1) is 5.43. The normalized spacial score (nSPS) is 6.25. The van der Waals surface area contributed by atoms with E-state index in [4.69, 9.17) is 0 Å². The molecule has 1 aromatic carbocycles. The Balaban J connectivity index is 0. The molecule has 66 valence electrons. The van der Waals surface area contributed by atoms with Gasteiger partial charge in [0.15, 0.2) is 0 Å². The predicted molar refractivity (Wildman–Crippen MR) is 57.1 cm³/mol. The maximum atomic E-state index is 2.96. The molecular formula is C12H18. The van der Waals surface area contributed by atoms with E-state index in [0.717, 1.165) is 5.56 Å². The van der Waals surface area contributed by atoms with Crippen LogP contribution in [0.4, 0.5) is 0 Å². The lowest BCUT2D eigenvalue weighted by Crippen LogP contribution is -1.67. The Morgan fingerprint density at radius 1 is 1.00 bits per heavy atom. The fraction of sp³-hybridized carbons (Fsp3) is 0.333. The van der Waals surface area contributed by atoms with Gasteiger partial charge in [0, 0.05) is 5.56 Å². The minimum Gasteiger partial charge on any atom is -0.101 e. The van der Waals surface area contributed by atoms with E-state index in [2.05, 4.69) is 11.8 Å². The highest BCUT2D eigenvalue weighted by Gasteiger charge is 1.77. The Morgan fingerprint density at radius 2 is 1.50 bits per heavy atom. The average molecular weight is 162 g/mol. The predicted octanol–water partition coefficient (Wildman–Crippen LogP) is 3.72. The maximum absolute atomic E-state index is 2.96. The van der Waals surface area contributed by atoms with E-state index in [1.165, 1.54) is 0 Å². The summed E-state index contributed by atoms with van der Waals surface area (Å²) in [5.41, 5.74) is 1.08. The van der Waals surface area contributed by atoms with Crippen LogP contribution in [-0.4, -0.2) is 0 Å². The minimum absolute atomic E-state index is 0. The first kappa shape index (κ1) is 13.4. The molecule has 0 amide bonds. The molecule has 0 bridgehead atoms. The second kappa shape index (κ2) is 9.78. The fourth-order valence-corrected chi connectivity index (χ4v) is 0.666. The van der Waals surface area contributed by atoms with Crippen LogP contribution in [0.1, 0.15) is 33.8 Å². The van der Waals surface area contributed by atoms with Crippen molar-refractivity contribution in [2.45, 2.75) is 28.2 Å². The molecule has 0 fully saturated rings. The smallest absolute Gasteiger partial charge is 0.0245 e. The van der Waals surface area contributed by atoms with Crippen molar-refractivity contribution in [3.63, 3.8) is 0 Å². The van der Waals surface area contributed by atoms with Crippen molar-refractivity contribution >= 4 is 0 Å². The largest absolute Gasteiger partial charge is 0.101 e. The van der Waals surface area contributed by atoms with E-state index < -0.39 is 0 Å². The van der Waals surface area contributed by atoms with E-state index in [0.29, 0.717) is 0 Å². The zero-order valence-electron chi connectivity index (χ0n) is 7.39. The lowest BCUT2D eigenvalue weighted by molar-refractivity contribution is 1.50. The highest BCUT2D eigenvalue weighted by Crippen LogP contribution is 1.93. The first-order valence-corrected chi connectivity index (χ1v) is 3.91. The third-order valence-electron chi connectivity index (χ3n) is 1.04. The Kier molecular flexibility index (Phi) is 10.9. The van der Waals surface area contributed by atoms with Gasteiger partial charge in [-0.2, -0.15) is 0 Å². The molecule has 0 radical (unpaired) electrons. The van der Waals surface area contributed by atoms with Crippen LogP contribution < -0.4 is 0 Å². The van der Waals surface area contributed by atoms with Crippen molar-refractivity contribution < 1.29 is 0 Å². The summed E-state index contributed by atoms with van der Waals surface area (Å²) in [4.78, 5) is 0. The minimum atomic E-state index is 0. The molecule has 1 rings (SSSR count). The topological polar surface area (TPSA) is 0 Å². The fourth-order valence-electron chi connectivity index (χ4n) is 0.666. The molecule has 0 spiro atoms. The second-order valence-corrected chi connectivity index (χ2v) is 1.74. The quantitative estimate of drug-likeness (QED) is 0.510. The molecule has 0 aliphatic heterocycles. The van der Waals surface area contributed by atoms with E-state index in [-0.39, 0.29) is 7.43 Å². The molecule has 0 saturated carbocycles. The zero-order valence-corrected chi connectivity index (χ0v) is 7.39. The van der Waals surface area contributed by atoms with Gasteiger partial charge in [-0.15, -0.1) is 5.92 Å². The molecule has 0 atom stereocenters. The van der Waals surface area contributed by atoms with E-state index in [9.17, 15) is 0 Å². The molecule has 0 aromatic heterocycles. The molecule has 0 unspecified atom stereocenters. The van der Waals surface area contributed by atoms with E-state index >= 15 is 0 Å². The first-order valence-electron chi connectivity index (χ1n) is 3.91. The van der Waals surface area contributed by atoms with Crippen molar-refractivity contribution in [2.75, 3.05) is 0 Å². The molecule has 1 aromatic rings. The molecule has 12 heavy (non-hydrogen) atoms. The van der Waals surface area contributed by atoms with Gasteiger partial charge in [-0.1, -0.05) is 45.4 Å². The third kappa shape index (κ3) is 5.56. The van der Waals surface area contributed by atoms with Gasteiger partial charge in [-0.25, -0.2) is 0 Å². The summed E-state index contributed by atoms with van der Waals surface area (Å²) in [5, 5.41) is 0. The van der Waals surface area contributed by atoms with Crippen molar-refractivity contribution in [1.29, 1.82) is 0 Å². The van der Waals surface area contributed by atoms with Gasteiger partial charge in [-0.05, 0) is 19.1 Å². The van der Waals surface area contributed by atoms with Crippen LogP contribution >= 0.6 is 0 Å². The van der Waals surface area contributed by atoms with E-state index in [1.807, 2.05) is 51.1 Å². The Bertz CT molecular complexity index is 223. The van der Waals surface area contributed by atoms with Crippen LogP contribution in [0.5, 0.6) is 0 Å². The summed E-state index contributed by atoms with van der Waals surface area (Å²) in [7, 11) is 0. The SMILES string of the molecule is C.CC.CC#Cc1ccccc1. The van der Waals surface area contributed by atoms with Gasteiger partial charge in [0.25, 0.3) is 0 Å². The molecule has 0 aliphatic rings. The molecule has 0 saturated heterocycles. The van der Waals surface area contributed by atoms with Gasteiger partial charge in [0.1, 0.15) is 0 Å². The molecule has 0 heteroatoms. The standard InChI is InChI=1S/C9H8.C2H6.CH4/c1-2-6-9-7-4-3-5-8-9;1-2;/h3-5,7-8H,1H3;1-2H3;1H4. The lowest BCUT2D eigenvalue weighted by atomic mass is 10.2. The number of rotatable bonds is 0. The molecule has 0 aliphatic carbocycles. The summed E-state index contributed by atoms with van der Waals surface area (Å²) in [6, 6.07) is 9.95. The summed E-state index contributed by atoms with van der Waals surface area (Å²) in [5.74, 6) is 5.79. The molecule has 0 heterocycles. The van der Waals surface area contributed by atoms with Gasteiger partial charge in [0.2, 0.25) is 0 Å². The summed E-state index contributed by atoms with van der Waals surface area (Å²) < 4.78 is 0. The van der Waals surface area contributed by atoms with E-state index in [1.54, 1.807) is 0 Å². The summed E-state index contributed by atoms with van der Waals surface area (Å²) in [6.07, 6.45) is 0. The van der Waals surface area contributed by atoms with Gasteiger partial charge < -0.3 is 0 Å². The van der Waals surface area contributed by atoms with Gasteiger partial charge in [0.05, 0.1) is 0 Å². The lowest BCUT2D eigenvalue weighted by Gasteiger charge is -1.83. The van der Waals surface area contributed by atoms with Crippen LogP contribution in [0.3, 0.4) is 0 Å². The van der Waals surface area contributed by atoms with Crippen LogP contribution in [0.25, 0.3) is 0 Å². The highest BCUT2D eigenvalue weighted by atomic mass is 13.8. The molecule has 0 N–H and O–H groups in total. The third-order valence-corrected chi connectivity index (χ3v) is 1.04. The summed E-state index contributed by atoms with van der Waals surface area (Å²) in [6.45, 7) is 5.84. The van der Waals surface area contributed by atoms with Crippen molar-refractivity contribution in [3.8, 4) is 11.8 Å². The molecular weight excluding hydrogens is 144 g/mol. The average Bonchev–Trinajstić information content (AvgIpc) is 2.11. The van der Waals surface area contributed by atoms with Gasteiger partial charge >= 0.3 is 0 Å². The van der Waals surface area contributed by atoms with Crippen molar-refractivity contribution in [3.05, 3.63) is 35.9 Å². The Morgan fingerprint density at radius 3 is 1.92 bits per heavy atom. The maximum Gasteiger partial charge on any atom is 0.0245 e. The van der Waals surface area contributed by atoms with Gasteiger partial charge in [-0.3, -0.25) is 0 Å². The monoisotopic (exact) mass is 162 g/mol. The number of benzene rings is 1. The van der Waals surface area contributed by atoms with Crippen LogP contribution in [0.15, 0.2) is 30.3 Å². The number of hydrogen-bond donors (Lipinski definition) is 0. The van der Waals surface area contributed by atoms with Crippen molar-refractivity contribution in [1.82, 2.24) is 0 Å². The van der Waals surface area contributed by atoms with Crippen LogP contribution in [0, 0.1) is 11.8 Å². The van der Waals surface area contributed by atoms with Crippen LogP contribution in [0.2, 0.25) is 0 Å². The molecule has 0 nitrogen and oxygen atoms in total. The number of hydrogen-bond acceptors (Lipinski definition) is 0. The zero-order chi connectivity index (χ0) is 8.53. The summed E-state index contributed by atoms with van der Waals surface area (Å²) >= 11 is 0.